The van der Waals surface area contributed by atoms with Crippen molar-refractivity contribution >= 4 is 35.5 Å². The molecular formula is C28H33N3O10. The van der Waals surface area contributed by atoms with E-state index in [0.29, 0.717) is 11.3 Å². The van der Waals surface area contributed by atoms with Crippen LogP contribution in [0.15, 0.2) is 73.8 Å². The van der Waals surface area contributed by atoms with Crippen LogP contribution >= 0.6 is 0 Å². The van der Waals surface area contributed by atoms with Crippen LogP contribution in [0.25, 0.3) is 0 Å². The van der Waals surface area contributed by atoms with Crippen LogP contribution in [-0.4, -0.2) is 48.3 Å². The van der Waals surface area contributed by atoms with Crippen molar-refractivity contribution in [3.05, 3.63) is 89.5 Å². The average molecular weight is 572 g/mol. The fourth-order valence-electron chi connectivity index (χ4n) is 2.90. The van der Waals surface area contributed by atoms with E-state index < -0.39 is 35.1 Å². The SMILES string of the molecule is C=CCOC(=O)NC(CCC(=O)Nc1ccc(COC(=O)Oc2ccc([N+](=O)[O-])cc2)cc1)C(=O)OCC=C.CC. The monoisotopic (exact) mass is 571 g/mol. The van der Waals surface area contributed by atoms with Gasteiger partial charge >= 0.3 is 18.2 Å². The van der Waals surface area contributed by atoms with Crippen LogP contribution in [0.3, 0.4) is 0 Å². The van der Waals surface area contributed by atoms with Gasteiger partial charge in [0.25, 0.3) is 5.69 Å². The molecule has 2 aromatic carbocycles. The summed E-state index contributed by atoms with van der Waals surface area (Å²) in [7, 11) is 0. The third kappa shape index (κ3) is 13.4. The molecule has 0 aliphatic carbocycles. The number of amides is 2. The first kappa shape index (κ1) is 33.8. The number of non-ortho nitro benzene ring substituents is 1. The third-order valence-electron chi connectivity index (χ3n) is 4.76. The van der Waals surface area contributed by atoms with Gasteiger partial charge in [0.1, 0.15) is 31.6 Å². The van der Waals surface area contributed by atoms with Gasteiger partial charge in [0.05, 0.1) is 4.92 Å². The predicted molar refractivity (Wildman–Crippen MR) is 149 cm³/mol. The molecule has 0 spiro atoms. The van der Waals surface area contributed by atoms with Crippen molar-refractivity contribution in [2.75, 3.05) is 18.5 Å². The van der Waals surface area contributed by atoms with E-state index in [2.05, 4.69) is 23.8 Å². The summed E-state index contributed by atoms with van der Waals surface area (Å²) in [4.78, 5) is 58.3. The normalized spacial score (nSPS) is 10.4. The van der Waals surface area contributed by atoms with Gasteiger partial charge in [0.15, 0.2) is 0 Å². The number of benzene rings is 2. The summed E-state index contributed by atoms with van der Waals surface area (Å²) >= 11 is 0. The second kappa shape index (κ2) is 19.0. The van der Waals surface area contributed by atoms with Crippen LogP contribution in [0.5, 0.6) is 5.75 Å². The number of hydrogen-bond donors (Lipinski definition) is 2. The molecule has 0 saturated carbocycles. The zero-order valence-corrected chi connectivity index (χ0v) is 22.8. The molecule has 0 aromatic heterocycles. The number of carbonyl (C=O) groups is 4. The molecule has 2 aromatic rings. The van der Waals surface area contributed by atoms with Gasteiger partial charge in [0, 0.05) is 24.2 Å². The highest BCUT2D eigenvalue weighted by Crippen LogP contribution is 2.18. The molecule has 0 heterocycles. The molecule has 1 unspecified atom stereocenters. The molecule has 2 N–H and O–H groups in total. The Morgan fingerprint density at radius 3 is 2.12 bits per heavy atom. The molecule has 0 saturated heterocycles. The summed E-state index contributed by atoms with van der Waals surface area (Å²) in [6.45, 7) is 10.6. The van der Waals surface area contributed by atoms with Crippen LogP contribution in [-0.2, 0) is 30.4 Å². The molecule has 0 radical (unpaired) electrons. The van der Waals surface area contributed by atoms with Gasteiger partial charge in [-0.1, -0.05) is 51.3 Å². The molecule has 13 heteroatoms. The molecule has 0 aliphatic heterocycles. The van der Waals surface area contributed by atoms with Crippen molar-refractivity contribution in [2.45, 2.75) is 39.3 Å². The molecule has 2 amide bonds. The molecule has 1 atom stereocenters. The summed E-state index contributed by atoms with van der Waals surface area (Å²) in [6.07, 6.45) is 0.717. The Morgan fingerprint density at radius 1 is 0.927 bits per heavy atom. The molecule has 0 aliphatic rings. The molecule has 0 fully saturated rings. The lowest BCUT2D eigenvalue weighted by molar-refractivity contribution is -0.384. The quantitative estimate of drug-likeness (QED) is 0.0779. The van der Waals surface area contributed by atoms with Gasteiger partial charge in [-0.2, -0.15) is 0 Å². The van der Waals surface area contributed by atoms with Crippen molar-refractivity contribution in [2.24, 2.45) is 0 Å². The van der Waals surface area contributed by atoms with Crippen LogP contribution < -0.4 is 15.4 Å². The smallest absolute Gasteiger partial charge is 0.460 e. The Labute approximate surface area is 237 Å². The van der Waals surface area contributed by atoms with E-state index in [-0.39, 0.29) is 44.1 Å². The van der Waals surface area contributed by atoms with Gasteiger partial charge in [-0.05, 0) is 36.2 Å². The maximum absolute atomic E-state index is 12.4. The fraction of sp³-hybridized carbons (Fsp3) is 0.286. The van der Waals surface area contributed by atoms with Crippen LogP contribution in [0.2, 0.25) is 0 Å². The van der Waals surface area contributed by atoms with Crippen LogP contribution in [0, 0.1) is 10.1 Å². The predicted octanol–water partition coefficient (Wildman–Crippen LogP) is 5.07. The highest BCUT2D eigenvalue weighted by molar-refractivity contribution is 5.91. The summed E-state index contributed by atoms with van der Waals surface area (Å²) in [6, 6.07) is 10.2. The first-order valence-corrected chi connectivity index (χ1v) is 12.5. The molecular weight excluding hydrogens is 538 g/mol. The molecule has 220 valence electrons. The van der Waals surface area contributed by atoms with Gasteiger partial charge < -0.3 is 29.6 Å². The summed E-state index contributed by atoms with van der Waals surface area (Å²) in [5, 5.41) is 15.7. The van der Waals surface area contributed by atoms with Crippen molar-refractivity contribution in [3.8, 4) is 5.75 Å². The van der Waals surface area contributed by atoms with Crippen LogP contribution in [0.1, 0.15) is 32.3 Å². The van der Waals surface area contributed by atoms with Crippen LogP contribution in [0.4, 0.5) is 21.0 Å². The van der Waals surface area contributed by atoms with Gasteiger partial charge in [-0.3, -0.25) is 14.9 Å². The minimum atomic E-state index is -1.11. The number of carbonyl (C=O) groups excluding carboxylic acids is 4. The number of alkyl carbamates (subject to hydrolysis) is 1. The Bertz CT molecular complexity index is 1180. The van der Waals surface area contributed by atoms with E-state index in [1.165, 1.54) is 36.4 Å². The van der Waals surface area contributed by atoms with E-state index in [0.717, 1.165) is 0 Å². The number of nitro groups is 1. The summed E-state index contributed by atoms with van der Waals surface area (Å²) < 4.78 is 19.7. The van der Waals surface area contributed by atoms with E-state index in [1.807, 2.05) is 13.8 Å². The molecule has 13 nitrogen and oxygen atoms in total. The van der Waals surface area contributed by atoms with E-state index >= 15 is 0 Å². The summed E-state index contributed by atoms with van der Waals surface area (Å²) in [5.41, 5.74) is 0.900. The van der Waals surface area contributed by atoms with E-state index in [1.54, 1.807) is 24.3 Å². The first-order chi connectivity index (χ1) is 19.7. The maximum Gasteiger partial charge on any atom is 0.514 e. The highest BCUT2D eigenvalue weighted by Gasteiger charge is 2.24. The molecule has 41 heavy (non-hydrogen) atoms. The highest BCUT2D eigenvalue weighted by atomic mass is 16.7. The maximum atomic E-state index is 12.4. The Morgan fingerprint density at radius 2 is 1.54 bits per heavy atom. The number of anilines is 1. The van der Waals surface area contributed by atoms with Gasteiger partial charge in [-0.25, -0.2) is 14.4 Å². The zero-order valence-electron chi connectivity index (χ0n) is 22.8. The fourth-order valence-corrected chi connectivity index (χ4v) is 2.90. The topological polar surface area (TPSA) is 172 Å². The standard InChI is InChI=1S/C26H27N3O10.C2H6/c1-3-15-36-24(31)22(28-25(32)37-16-4-2)13-14-23(30)27-19-7-5-18(6-8-19)17-38-26(33)39-21-11-9-20(10-12-21)29(34)35;1-2/h3-12,22H,1-2,13-17H2,(H,27,30)(H,28,32);1-2H3. The molecule has 0 bridgehead atoms. The number of rotatable bonds is 14. The zero-order chi connectivity index (χ0) is 30.6. The minimum Gasteiger partial charge on any atom is -0.460 e. The van der Waals surface area contributed by atoms with Crippen molar-refractivity contribution in [3.63, 3.8) is 0 Å². The number of nitrogens with zero attached hydrogens (tertiary/aromatic N) is 1. The lowest BCUT2D eigenvalue weighted by Crippen LogP contribution is -2.42. The Balaban J connectivity index is 0.00000411. The second-order valence-corrected chi connectivity index (χ2v) is 7.68. The van der Waals surface area contributed by atoms with E-state index in [4.69, 9.17) is 18.9 Å². The van der Waals surface area contributed by atoms with Crippen molar-refractivity contribution < 1.29 is 43.0 Å². The van der Waals surface area contributed by atoms with Gasteiger partial charge in [0.2, 0.25) is 5.91 Å². The number of nitrogens with one attached hydrogen (secondary N) is 2. The van der Waals surface area contributed by atoms with Crippen molar-refractivity contribution in [1.82, 2.24) is 5.32 Å². The van der Waals surface area contributed by atoms with Crippen molar-refractivity contribution in [1.29, 1.82) is 0 Å². The molecule has 2 rings (SSSR count). The number of esters is 1. The summed E-state index contributed by atoms with van der Waals surface area (Å²) in [5.74, 6) is -1.08. The largest absolute Gasteiger partial charge is 0.514 e. The number of nitro benzene ring substituents is 1. The minimum absolute atomic E-state index is 0.0478. The van der Waals surface area contributed by atoms with E-state index in [9.17, 15) is 29.3 Å². The number of ether oxygens (including phenoxy) is 4. The second-order valence-electron chi connectivity index (χ2n) is 7.68. The van der Waals surface area contributed by atoms with Gasteiger partial charge in [-0.15, -0.1) is 0 Å². The number of hydrogen-bond acceptors (Lipinski definition) is 10. The Hall–Kier alpha value is -5.20. The average Bonchev–Trinajstić information content (AvgIpc) is 2.97. The Kier molecular flexibility index (Phi) is 15.6. The lowest BCUT2D eigenvalue weighted by atomic mass is 10.1. The first-order valence-electron chi connectivity index (χ1n) is 12.5. The third-order valence-corrected chi connectivity index (χ3v) is 4.76. The lowest BCUT2D eigenvalue weighted by Gasteiger charge is -2.17.